The van der Waals surface area contributed by atoms with E-state index in [4.69, 9.17) is 4.74 Å². The summed E-state index contributed by atoms with van der Waals surface area (Å²) < 4.78 is 5.28. The Kier molecular flexibility index (Phi) is 5.68. The SMILES string of the molecule is CCOCC(=O)N1CCC[C@@]2(CCC(=O)N(Cc3ccncc3)C2)C1. The molecule has 2 saturated heterocycles. The average molecular weight is 345 g/mol. The van der Waals surface area contributed by atoms with Gasteiger partial charge in [0.15, 0.2) is 0 Å². The summed E-state index contributed by atoms with van der Waals surface area (Å²) in [5.41, 5.74) is 1.13. The molecule has 25 heavy (non-hydrogen) atoms. The number of nitrogens with zero attached hydrogens (tertiary/aromatic N) is 3. The van der Waals surface area contributed by atoms with E-state index in [1.54, 1.807) is 12.4 Å². The Bertz CT molecular complexity index is 607. The van der Waals surface area contributed by atoms with Crippen molar-refractivity contribution < 1.29 is 14.3 Å². The van der Waals surface area contributed by atoms with Gasteiger partial charge in [-0.1, -0.05) is 0 Å². The number of carbonyl (C=O) groups is 2. The van der Waals surface area contributed by atoms with Gasteiger partial charge in [0.1, 0.15) is 6.61 Å². The molecule has 1 aromatic rings. The Morgan fingerprint density at radius 2 is 2.08 bits per heavy atom. The van der Waals surface area contributed by atoms with E-state index in [-0.39, 0.29) is 23.8 Å². The van der Waals surface area contributed by atoms with Crippen molar-refractivity contribution in [1.29, 1.82) is 0 Å². The summed E-state index contributed by atoms with van der Waals surface area (Å²) in [6.45, 7) is 5.49. The first-order valence-electron chi connectivity index (χ1n) is 9.14. The highest BCUT2D eigenvalue weighted by molar-refractivity contribution is 5.78. The summed E-state index contributed by atoms with van der Waals surface area (Å²) in [7, 11) is 0. The lowest BCUT2D eigenvalue weighted by molar-refractivity contribution is -0.145. The molecule has 0 unspecified atom stereocenters. The molecule has 2 aliphatic heterocycles. The van der Waals surface area contributed by atoms with Crippen molar-refractivity contribution in [3.8, 4) is 0 Å². The maximum absolute atomic E-state index is 12.4. The third kappa shape index (κ3) is 4.37. The molecule has 1 atom stereocenters. The van der Waals surface area contributed by atoms with Crippen molar-refractivity contribution in [2.75, 3.05) is 32.8 Å². The smallest absolute Gasteiger partial charge is 0.248 e. The number of hydrogen-bond donors (Lipinski definition) is 0. The lowest BCUT2D eigenvalue weighted by Gasteiger charge is -2.48. The van der Waals surface area contributed by atoms with Crippen LogP contribution in [0.1, 0.15) is 38.2 Å². The molecule has 1 spiro atoms. The highest BCUT2D eigenvalue weighted by Gasteiger charge is 2.42. The third-order valence-electron chi connectivity index (χ3n) is 5.31. The molecule has 3 heterocycles. The second-order valence-corrected chi connectivity index (χ2v) is 7.16. The second kappa shape index (κ2) is 7.95. The van der Waals surface area contributed by atoms with E-state index in [1.165, 1.54) is 0 Å². The Hall–Kier alpha value is -1.95. The van der Waals surface area contributed by atoms with Crippen molar-refractivity contribution in [3.63, 3.8) is 0 Å². The lowest BCUT2D eigenvalue weighted by atomic mass is 9.73. The van der Waals surface area contributed by atoms with Gasteiger partial charge in [0.2, 0.25) is 11.8 Å². The van der Waals surface area contributed by atoms with E-state index in [1.807, 2.05) is 28.9 Å². The van der Waals surface area contributed by atoms with Crippen molar-refractivity contribution in [2.45, 2.75) is 39.2 Å². The summed E-state index contributed by atoms with van der Waals surface area (Å²) >= 11 is 0. The predicted octanol–water partition coefficient (Wildman–Crippen LogP) is 1.85. The van der Waals surface area contributed by atoms with Crippen LogP contribution >= 0.6 is 0 Å². The summed E-state index contributed by atoms with van der Waals surface area (Å²) in [6.07, 6.45) is 7.03. The fourth-order valence-electron chi connectivity index (χ4n) is 3.99. The van der Waals surface area contributed by atoms with Crippen LogP contribution in [0.3, 0.4) is 0 Å². The lowest BCUT2D eigenvalue weighted by Crippen LogP contribution is -2.55. The number of aromatic nitrogens is 1. The predicted molar refractivity (Wildman–Crippen MR) is 93.6 cm³/mol. The van der Waals surface area contributed by atoms with Gasteiger partial charge in [0.25, 0.3) is 0 Å². The summed E-state index contributed by atoms with van der Waals surface area (Å²) in [6, 6.07) is 3.90. The zero-order chi connectivity index (χ0) is 17.7. The molecule has 2 aliphatic rings. The van der Waals surface area contributed by atoms with Gasteiger partial charge in [-0.25, -0.2) is 0 Å². The molecular formula is C19H27N3O3. The molecule has 6 nitrogen and oxygen atoms in total. The maximum atomic E-state index is 12.4. The Morgan fingerprint density at radius 3 is 2.84 bits per heavy atom. The molecule has 0 N–H and O–H groups in total. The van der Waals surface area contributed by atoms with E-state index in [0.717, 1.165) is 44.5 Å². The minimum absolute atomic E-state index is 0.0288. The third-order valence-corrected chi connectivity index (χ3v) is 5.31. The van der Waals surface area contributed by atoms with Crippen LogP contribution in [-0.4, -0.2) is 59.4 Å². The minimum atomic E-state index is 0.0288. The summed E-state index contributed by atoms with van der Waals surface area (Å²) in [4.78, 5) is 32.6. The number of amides is 2. The molecule has 6 heteroatoms. The van der Waals surface area contributed by atoms with Crippen molar-refractivity contribution >= 4 is 11.8 Å². The molecule has 2 fully saturated rings. The van der Waals surface area contributed by atoms with Crippen molar-refractivity contribution in [3.05, 3.63) is 30.1 Å². The zero-order valence-corrected chi connectivity index (χ0v) is 14.9. The van der Waals surface area contributed by atoms with Crippen molar-refractivity contribution in [2.24, 2.45) is 5.41 Å². The van der Waals surface area contributed by atoms with Crippen LogP contribution in [-0.2, 0) is 20.9 Å². The molecule has 0 aromatic carbocycles. The van der Waals surface area contributed by atoms with Crippen LogP contribution in [0.15, 0.2) is 24.5 Å². The first-order chi connectivity index (χ1) is 12.1. The minimum Gasteiger partial charge on any atom is -0.372 e. The molecule has 2 amide bonds. The van der Waals surface area contributed by atoms with Crippen LogP contribution in [0, 0.1) is 5.41 Å². The van der Waals surface area contributed by atoms with Gasteiger partial charge >= 0.3 is 0 Å². The van der Waals surface area contributed by atoms with Crippen LogP contribution in [0.2, 0.25) is 0 Å². The molecular weight excluding hydrogens is 318 g/mol. The highest BCUT2D eigenvalue weighted by atomic mass is 16.5. The topological polar surface area (TPSA) is 62.7 Å². The molecule has 0 bridgehead atoms. The molecule has 0 aliphatic carbocycles. The molecule has 3 rings (SSSR count). The monoisotopic (exact) mass is 345 g/mol. The van der Waals surface area contributed by atoms with Crippen LogP contribution in [0.5, 0.6) is 0 Å². The first kappa shape index (κ1) is 17.9. The first-order valence-corrected chi connectivity index (χ1v) is 9.14. The van der Waals surface area contributed by atoms with E-state index in [0.29, 0.717) is 19.6 Å². The maximum Gasteiger partial charge on any atom is 0.248 e. The van der Waals surface area contributed by atoms with E-state index < -0.39 is 0 Å². The second-order valence-electron chi connectivity index (χ2n) is 7.16. The van der Waals surface area contributed by atoms with Gasteiger partial charge in [-0.15, -0.1) is 0 Å². The molecule has 1 aromatic heterocycles. The summed E-state index contributed by atoms with van der Waals surface area (Å²) in [5, 5.41) is 0. The normalized spacial score (nSPS) is 24.0. The fourth-order valence-corrected chi connectivity index (χ4v) is 3.99. The molecule has 136 valence electrons. The van der Waals surface area contributed by atoms with E-state index >= 15 is 0 Å². The zero-order valence-electron chi connectivity index (χ0n) is 14.9. The Balaban J connectivity index is 1.66. The average Bonchev–Trinajstić information content (AvgIpc) is 2.64. The van der Waals surface area contributed by atoms with Gasteiger partial charge in [-0.2, -0.15) is 0 Å². The fraction of sp³-hybridized carbons (Fsp3) is 0.632. The highest BCUT2D eigenvalue weighted by Crippen LogP contribution is 2.39. The van der Waals surface area contributed by atoms with Gasteiger partial charge in [0, 0.05) is 57.0 Å². The van der Waals surface area contributed by atoms with Gasteiger partial charge in [0.05, 0.1) is 0 Å². The van der Waals surface area contributed by atoms with Gasteiger partial charge < -0.3 is 14.5 Å². The van der Waals surface area contributed by atoms with E-state index in [9.17, 15) is 9.59 Å². The number of likely N-dealkylation sites (tertiary alicyclic amines) is 2. The number of piperidine rings is 2. The Morgan fingerprint density at radius 1 is 1.28 bits per heavy atom. The van der Waals surface area contributed by atoms with Gasteiger partial charge in [-0.05, 0) is 43.9 Å². The van der Waals surface area contributed by atoms with Crippen molar-refractivity contribution in [1.82, 2.24) is 14.8 Å². The van der Waals surface area contributed by atoms with E-state index in [2.05, 4.69) is 4.98 Å². The van der Waals surface area contributed by atoms with Gasteiger partial charge in [-0.3, -0.25) is 14.6 Å². The number of carbonyl (C=O) groups excluding carboxylic acids is 2. The Labute approximate surface area is 149 Å². The van der Waals surface area contributed by atoms with Crippen LogP contribution < -0.4 is 0 Å². The number of rotatable bonds is 5. The summed E-state index contributed by atoms with van der Waals surface area (Å²) in [5.74, 6) is 0.277. The standard InChI is InChI=1S/C19H27N3O3/c1-2-25-13-18(24)21-11-3-7-19(14-21)8-4-17(23)22(15-19)12-16-5-9-20-10-6-16/h5-6,9-10H,2-4,7-8,11-15H2,1H3/t19-/m1/s1. The van der Waals surface area contributed by atoms with Crippen LogP contribution in [0.25, 0.3) is 0 Å². The quantitative estimate of drug-likeness (QED) is 0.817. The molecule has 0 saturated carbocycles. The number of pyridine rings is 1. The van der Waals surface area contributed by atoms with Crippen LogP contribution in [0.4, 0.5) is 0 Å². The largest absolute Gasteiger partial charge is 0.372 e. The number of ether oxygens (including phenoxy) is 1. The number of hydrogen-bond acceptors (Lipinski definition) is 4. The molecule has 0 radical (unpaired) electrons.